The van der Waals surface area contributed by atoms with Gasteiger partial charge in [-0.3, -0.25) is 0 Å². The molecule has 4 aromatic carbocycles. The minimum Gasteiger partial charge on any atom is -0.489 e. The number of imidazole rings is 1. The number of methoxy groups -OCH3 is 1. The molecule has 198 valence electrons. The second-order valence-electron chi connectivity index (χ2n) is 9.11. The fourth-order valence-corrected chi connectivity index (χ4v) is 4.59. The first kappa shape index (κ1) is 26.4. The molecule has 6 nitrogen and oxygen atoms in total. The summed E-state index contributed by atoms with van der Waals surface area (Å²) in [6, 6.07) is 25.3. The van der Waals surface area contributed by atoms with E-state index in [-0.39, 0.29) is 12.2 Å². The molecule has 5 aromatic rings. The van der Waals surface area contributed by atoms with E-state index in [9.17, 15) is 14.3 Å². The highest BCUT2D eigenvalue weighted by atomic mass is 35.5. The molecule has 1 heterocycles. The summed E-state index contributed by atoms with van der Waals surface area (Å²) >= 11 is 5.83. The second-order valence-corrected chi connectivity index (χ2v) is 9.54. The molecule has 5 rings (SSSR count). The van der Waals surface area contributed by atoms with Gasteiger partial charge in [-0.05, 0) is 59.2 Å². The van der Waals surface area contributed by atoms with Gasteiger partial charge in [-0.25, -0.2) is 14.2 Å². The number of carboxylic acid groups (broad SMARTS) is 1. The van der Waals surface area contributed by atoms with E-state index in [1.165, 1.54) is 6.07 Å². The van der Waals surface area contributed by atoms with Crippen LogP contribution in [-0.4, -0.2) is 34.3 Å². The Morgan fingerprint density at radius 1 is 1.00 bits per heavy atom. The van der Waals surface area contributed by atoms with Crippen molar-refractivity contribution in [1.29, 1.82) is 0 Å². The first-order valence-corrected chi connectivity index (χ1v) is 12.8. The Labute approximate surface area is 230 Å². The molecule has 0 aliphatic heterocycles. The summed E-state index contributed by atoms with van der Waals surface area (Å²) in [5, 5.41) is 9.76. The molecule has 0 aliphatic rings. The quantitative estimate of drug-likeness (QED) is 0.205. The largest absolute Gasteiger partial charge is 0.489 e. The van der Waals surface area contributed by atoms with Gasteiger partial charge in [0.15, 0.2) is 0 Å². The van der Waals surface area contributed by atoms with Gasteiger partial charge in [0.2, 0.25) is 0 Å². The van der Waals surface area contributed by atoms with Gasteiger partial charge in [0, 0.05) is 30.7 Å². The number of hydrogen-bond donors (Lipinski definition) is 1. The average Bonchev–Trinajstić information content (AvgIpc) is 3.27. The zero-order valence-electron chi connectivity index (χ0n) is 21.2. The number of rotatable bonds is 10. The van der Waals surface area contributed by atoms with E-state index < -0.39 is 11.8 Å². The predicted octanol–water partition coefficient (Wildman–Crippen LogP) is 7.01. The number of aromatic carboxylic acids is 1. The van der Waals surface area contributed by atoms with Crippen molar-refractivity contribution in [3.63, 3.8) is 0 Å². The van der Waals surface area contributed by atoms with Crippen molar-refractivity contribution in [2.45, 2.75) is 19.6 Å². The van der Waals surface area contributed by atoms with E-state index in [1.807, 2.05) is 41.0 Å². The van der Waals surface area contributed by atoms with Gasteiger partial charge >= 0.3 is 5.97 Å². The van der Waals surface area contributed by atoms with E-state index in [0.717, 1.165) is 33.5 Å². The van der Waals surface area contributed by atoms with E-state index in [0.29, 0.717) is 35.9 Å². The highest BCUT2D eigenvalue weighted by Crippen LogP contribution is 2.27. The smallest absolute Gasteiger partial charge is 0.335 e. The number of carbonyl (C=O) groups is 1. The van der Waals surface area contributed by atoms with Crippen LogP contribution in [0.3, 0.4) is 0 Å². The number of fused-ring (bicyclic) bond motifs is 1. The summed E-state index contributed by atoms with van der Waals surface area (Å²) in [7, 11) is 1.64. The molecule has 0 atom stereocenters. The van der Waals surface area contributed by atoms with Crippen molar-refractivity contribution in [3.05, 3.63) is 118 Å². The van der Waals surface area contributed by atoms with Crippen LogP contribution in [0.4, 0.5) is 4.39 Å². The lowest BCUT2D eigenvalue weighted by Gasteiger charge is -2.11. The Bertz CT molecular complexity index is 1630. The van der Waals surface area contributed by atoms with Crippen molar-refractivity contribution >= 4 is 28.6 Å². The van der Waals surface area contributed by atoms with Gasteiger partial charge in [0.25, 0.3) is 0 Å². The molecule has 1 N–H and O–H groups in total. The first-order valence-electron chi connectivity index (χ1n) is 12.4. The second kappa shape index (κ2) is 11.7. The number of benzene rings is 4. The third kappa shape index (κ3) is 6.11. The van der Waals surface area contributed by atoms with Crippen LogP contribution in [0.25, 0.3) is 22.2 Å². The molecule has 39 heavy (non-hydrogen) atoms. The molecule has 0 bridgehead atoms. The van der Waals surface area contributed by atoms with Crippen LogP contribution in [0.15, 0.2) is 84.9 Å². The van der Waals surface area contributed by atoms with Crippen LogP contribution in [0, 0.1) is 5.82 Å². The number of ether oxygens (including phenoxy) is 2. The van der Waals surface area contributed by atoms with Crippen LogP contribution >= 0.6 is 11.6 Å². The number of halogens is 2. The van der Waals surface area contributed by atoms with Crippen LogP contribution in [0.2, 0.25) is 5.02 Å². The summed E-state index contributed by atoms with van der Waals surface area (Å²) in [6.45, 7) is 1.15. The molecule has 0 radical (unpaired) electrons. The molecular formula is C31H26ClFN2O4. The van der Waals surface area contributed by atoms with Crippen LogP contribution in [-0.2, 0) is 24.3 Å². The minimum atomic E-state index is -0.972. The maximum absolute atomic E-state index is 14.1. The average molecular weight is 545 g/mol. The number of nitrogens with zero attached hydrogens (tertiary/aromatic N) is 2. The van der Waals surface area contributed by atoms with E-state index in [1.54, 1.807) is 37.4 Å². The topological polar surface area (TPSA) is 73.6 Å². The van der Waals surface area contributed by atoms with E-state index in [2.05, 4.69) is 12.1 Å². The van der Waals surface area contributed by atoms with Crippen molar-refractivity contribution < 1.29 is 23.8 Å². The number of hydrogen-bond acceptors (Lipinski definition) is 4. The van der Waals surface area contributed by atoms with Gasteiger partial charge in [-0.1, -0.05) is 54.1 Å². The molecule has 0 aliphatic carbocycles. The fourth-order valence-electron chi connectivity index (χ4n) is 4.44. The van der Waals surface area contributed by atoms with Crippen LogP contribution < -0.4 is 4.74 Å². The molecule has 1 aromatic heterocycles. The third-order valence-corrected chi connectivity index (χ3v) is 6.72. The Morgan fingerprint density at radius 2 is 1.82 bits per heavy atom. The molecular weight excluding hydrogens is 519 g/mol. The molecule has 0 saturated heterocycles. The Kier molecular flexibility index (Phi) is 7.91. The first-order chi connectivity index (χ1) is 18.9. The zero-order chi connectivity index (χ0) is 27.4. The minimum absolute atomic E-state index is 0.101. The normalized spacial score (nSPS) is 11.2. The monoisotopic (exact) mass is 544 g/mol. The lowest BCUT2D eigenvalue weighted by molar-refractivity contribution is 0.0697. The molecule has 0 saturated carbocycles. The SMILES string of the molecule is COCCn1c(Cc2ccc(-c3cccc(OCc4ccc(Cl)cc4F)c3)cc2)nc2ccc(C(=O)O)cc21. The molecule has 0 amide bonds. The maximum atomic E-state index is 14.1. The lowest BCUT2D eigenvalue weighted by Crippen LogP contribution is -2.09. The van der Waals surface area contributed by atoms with Gasteiger partial charge < -0.3 is 19.1 Å². The van der Waals surface area contributed by atoms with E-state index in [4.69, 9.17) is 26.1 Å². The molecule has 0 spiro atoms. The van der Waals surface area contributed by atoms with Gasteiger partial charge in [0.1, 0.15) is 24.0 Å². The predicted molar refractivity (Wildman–Crippen MR) is 149 cm³/mol. The fraction of sp³-hybridized carbons (Fsp3) is 0.161. The summed E-state index contributed by atoms with van der Waals surface area (Å²) in [4.78, 5) is 16.3. The molecule has 0 unspecified atom stereocenters. The summed E-state index contributed by atoms with van der Waals surface area (Å²) in [6.07, 6.45) is 0.580. The number of aromatic nitrogens is 2. The lowest BCUT2D eigenvalue weighted by atomic mass is 10.0. The Hall–Kier alpha value is -4.20. The van der Waals surface area contributed by atoms with Crippen molar-refractivity contribution in [2.75, 3.05) is 13.7 Å². The maximum Gasteiger partial charge on any atom is 0.335 e. The summed E-state index contributed by atoms with van der Waals surface area (Å²) < 4.78 is 27.2. The van der Waals surface area contributed by atoms with Crippen LogP contribution in [0.1, 0.15) is 27.3 Å². The van der Waals surface area contributed by atoms with Crippen LogP contribution in [0.5, 0.6) is 5.75 Å². The Balaban J connectivity index is 1.33. The van der Waals surface area contributed by atoms with E-state index >= 15 is 0 Å². The van der Waals surface area contributed by atoms with Gasteiger partial charge in [-0.15, -0.1) is 0 Å². The van der Waals surface area contributed by atoms with Gasteiger partial charge in [0.05, 0.1) is 23.2 Å². The highest BCUT2D eigenvalue weighted by molar-refractivity contribution is 6.30. The van der Waals surface area contributed by atoms with Crippen molar-refractivity contribution in [2.24, 2.45) is 0 Å². The highest BCUT2D eigenvalue weighted by Gasteiger charge is 2.14. The third-order valence-electron chi connectivity index (χ3n) is 6.49. The zero-order valence-corrected chi connectivity index (χ0v) is 22.0. The Morgan fingerprint density at radius 3 is 2.56 bits per heavy atom. The standard InChI is InChI=1S/C31H26ClFN2O4/c1-38-14-13-35-29-17-23(31(36)37)10-12-28(29)34-30(35)15-20-5-7-21(8-6-20)22-3-2-4-26(16-22)39-19-24-9-11-25(32)18-27(24)33/h2-12,16-18H,13-15,19H2,1H3,(H,36,37). The van der Waals surface area contributed by atoms with Crippen molar-refractivity contribution in [1.82, 2.24) is 9.55 Å². The summed E-state index contributed by atoms with van der Waals surface area (Å²) in [5.41, 5.74) is 5.24. The molecule has 0 fully saturated rings. The van der Waals surface area contributed by atoms with Gasteiger partial charge in [-0.2, -0.15) is 0 Å². The summed E-state index contributed by atoms with van der Waals surface area (Å²) in [5.74, 6) is 0.105. The van der Waals surface area contributed by atoms with Crippen molar-refractivity contribution in [3.8, 4) is 16.9 Å². The molecule has 8 heteroatoms. The number of carboxylic acids is 1.